The van der Waals surface area contributed by atoms with Crippen LogP contribution in [-0.2, 0) is 16.0 Å². The largest absolute Gasteiger partial charge is 0.462 e. The number of rotatable bonds is 7. The molecule has 2 aliphatic heterocycles. The molecule has 2 aliphatic rings. The van der Waals surface area contributed by atoms with Gasteiger partial charge in [-0.05, 0) is 45.8 Å². The van der Waals surface area contributed by atoms with Crippen LogP contribution in [0, 0.1) is 0 Å². The molecule has 3 heterocycles. The molecule has 0 aromatic carbocycles. The first-order valence-corrected chi connectivity index (χ1v) is 11.6. The molecule has 1 atom stereocenters. The molecular formula is C21H34N4O3S. The molecule has 7 nitrogen and oxygen atoms in total. The summed E-state index contributed by atoms with van der Waals surface area (Å²) in [5.74, 6) is -0.435. The van der Waals surface area contributed by atoms with Gasteiger partial charge < -0.3 is 15.0 Å². The number of anilines is 1. The highest BCUT2D eigenvalue weighted by molar-refractivity contribution is 7.16. The summed E-state index contributed by atoms with van der Waals surface area (Å²) in [5, 5.41) is 3.55. The first kappa shape index (κ1) is 22.2. The van der Waals surface area contributed by atoms with Crippen molar-refractivity contribution in [2.24, 2.45) is 0 Å². The molecule has 0 saturated carbocycles. The van der Waals surface area contributed by atoms with Gasteiger partial charge in [-0.3, -0.25) is 14.6 Å². The van der Waals surface area contributed by atoms with Crippen molar-refractivity contribution in [3.8, 4) is 0 Å². The number of carbonyl (C=O) groups is 2. The number of carbonyl (C=O) groups excluding carboxylic acids is 2. The van der Waals surface area contributed by atoms with E-state index in [1.54, 1.807) is 6.92 Å². The van der Waals surface area contributed by atoms with E-state index in [2.05, 4.69) is 27.1 Å². The van der Waals surface area contributed by atoms with Crippen LogP contribution in [0.1, 0.15) is 41.9 Å². The Balaban J connectivity index is 1.50. The fourth-order valence-electron chi connectivity index (χ4n) is 4.16. The van der Waals surface area contributed by atoms with E-state index in [9.17, 15) is 9.59 Å². The number of hydrogen-bond donors (Lipinski definition) is 1. The molecule has 1 amide bonds. The highest BCUT2D eigenvalue weighted by atomic mass is 32.1. The molecule has 8 heteroatoms. The number of thiophene rings is 1. The molecule has 0 aliphatic carbocycles. The monoisotopic (exact) mass is 422 g/mol. The summed E-state index contributed by atoms with van der Waals surface area (Å²) in [7, 11) is 2.20. The lowest BCUT2D eigenvalue weighted by atomic mass is 10.0. The topological polar surface area (TPSA) is 65.1 Å². The molecule has 162 valence electrons. The van der Waals surface area contributed by atoms with Gasteiger partial charge in [0, 0.05) is 43.6 Å². The average Bonchev–Trinajstić information content (AvgIpc) is 3.11. The molecule has 2 fully saturated rings. The third-order valence-corrected chi connectivity index (χ3v) is 6.96. The number of esters is 1. The molecular weight excluding hydrogens is 388 g/mol. The van der Waals surface area contributed by atoms with Crippen LogP contribution < -0.4 is 5.32 Å². The zero-order valence-corrected chi connectivity index (χ0v) is 18.7. The van der Waals surface area contributed by atoms with Gasteiger partial charge in [-0.25, -0.2) is 4.79 Å². The third kappa shape index (κ3) is 6.01. The standard InChI is InChI=1S/C21H34N4O3S/c1-4-17-13-18(21(27)28-5-2)20(29-17)22-19(26)15-24-9-11-25(12-10-24)16-7-6-8-23(3)14-16/h13,16H,4-12,14-15H2,1-3H3,(H,22,26). The Kier molecular flexibility index (Phi) is 8.06. The van der Waals surface area contributed by atoms with Crippen LogP contribution in [0.5, 0.6) is 0 Å². The fourth-order valence-corrected chi connectivity index (χ4v) is 5.16. The highest BCUT2D eigenvalue weighted by Crippen LogP contribution is 2.29. The Morgan fingerprint density at radius 2 is 1.97 bits per heavy atom. The van der Waals surface area contributed by atoms with Gasteiger partial charge in [-0.15, -0.1) is 11.3 Å². The lowest BCUT2D eigenvalue weighted by Crippen LogP contribution is -2.55. The fraction of sp³-hybridized carbons (Fsp3) is 0.714. The van der Waals surface area contributed by atoms with Crippen LogP contribution in [0.2, 0.25) is 0 Å². The van der Waals surface area contributed by atoms with Crippen molar-refractivity contribution >= 4 is 28.2 Å². The maximum Gasteiger partial charge on any atom is 0.341 e. The number of nitrogens with one attached hydrogen (secondary N) is 1. The summed E-state index contributed by atoms with van der Waals surface area (Å²) in [6, 6.07) is 2.48. The van der Waals surface area contributed by atoms with Crippen molar-refractivity contribution in [3.63, 3.8) is 0 Å². The van der Waals surface area contributed by atoms with Gasteiger partial charge in [0.15, 0.2) is 0 Å². The maximum absolute atomic E-state index is 12.6. The van der Waals surface area contributed by atoms with E-state index in [-0.39, 0.29) is 11.9 Å². The minimum absolute atomic E-state index is 0.0640. The molecule has 3 rings (SSSR count). The number of aryl methyl sites for hydroxylation is 1. The Hall–Kier alpha value is -1.48. The van der Waals surface area contributed by atoms with Crippen molar-refractivity contribution in [2.75, 3.05) is 64.8 Å². The maximum atomic E-state index is 12.6. The first-order chi connectivity index (χ1) is 14.0. The number of likely N-dealkylation sites (N-methyl/N-ethyl adjacent to an activating group) is 1. The number of amides is 1. The van der Waals surface area contributed by atoms with Crippen molar-refractivity contribution in [3.05, 3.63) is 16.5 Å². The second kappa shape index (κ2) is 10.5. The van der Waals surface area contributed by atoms with Gasteiger partial charge in [0.25, 0.3) is 0 Å². The lowest BCUT2D eigenvalue weighted by molar-refractivity contribution is -0.117. The molecule has 1 unspecified atom stereocenters. The van der Waals surface area contributed by atoms with Crippen molar-refractivity contribution in [1.29, 1.82) is 0 Å². The van der Waals surface area contributed by atoms with E-state index in [0.717, 1.165) is 44.0 Å². The molecule has 0 spiro atoms. The second-order valence-electron chi connectivity index (χ2n) is 7.95. The van der Waals surface area contributed by atoms with Gasteiger partial charge >= 0.3 is 5.97 Å². The number of likely N-dealkylation sites (tertiary alicyclic amines) is 1. The molecule has 0 bridgehead atoms. The summed E-state index contributed by atoms with van der Waals surface area (Å²) in [5.41, 5.74) is 0.466. The van der Waals surface area contributed by atoms with Crippen molar-refractivity contribution in [1.82, 2.24) is 14.7 Å². The molecule has 2 saturated heterocycles. The predicted molar refractivity (Wildman–Crippen MR) is 117 cm³/mol. The summed E-state index contributed by atoms with van der Waals surface area (Å²) in [6.07, 6.45) is 3.37. The van der Waals surface area contributed by atoms with E-state index in [1.165, 1.54) is 30.7 Å². The Labute approximate surface area is 178 Å². The Morgan fingerprint density at radius 1 is 1.21 bits per heavy atom. The summed E-state index contributed by atoms with van der Waals surface area (Å²) < 4.78 is 5.13. The minimum atomic E-state index is -0.371. The number of hydrogen-bond acceptors (Lipinski definition) is 7. The minimum Gasteiger partial charge on any atom is -0.462 e. The van der Waals surface area contributed by atoms with Crippen LogP contribution in [0.3, 0.4) is 0 Å². The van der Waals surface area contributed by atoms with Crippen LogP contribution >= 0.6 is 11.3 Å². The van der Waals surface area contributed by atoms with E-state index >= 15 is 0 Å². The number of piperazine rings is 1. The summed E-state index contributed by atoms with van der Waals surface area (Å²) >= 11 is 1.46. The van der Waals surface area contributed by atoms with Crippen molar-refractivity contribution < 1.29 is 14.3 Å². The SMILES string of the molecule is CCOC(=O)c1cc(CC)sc1NC(=O)CN1CCN(C2CCCN(C)C2)CC1. The van der Waals surface area contributed by atoms with E-state index in [0.29, 0.717) is 29.8 Å². The molecule has 1 aromatic rings. The quantitative estimate of drug-likeness (QED) is 0.679. The van der Waals surface area contributed by atoms with Gasteiger partial charge in [-0.1, -0.05) is 6.92 Å². The van der Waals surface area contributed by atoms with Crippen LogP contribution in [-0.4, -0.2) is 92.1 Å². The van der Waals surface area contributed by atoms with E-state index in [1.807, 2.05) is 13.0 Å². The van der Waals surface area contributed by atoms with Crippen LogP contribution in [0.25, 0.3) is 0 Å². The number of ether oxygens (including phenoxy) is 1. The highest BCUT2D eigenvalue weighted by Gasteiger charge is 2.27. The lowest BCUT2D eigenvalue weighted by Gasteiger charge is -2.42. The van der Waals surface area contributed by atoms with Gasteiger partial charge in [0.05, 0.1) is 18.7 Å². The zero-order valence-electron chi connectivity index (χ0n) is 17.9. The summed E-state index contributed by atoms with van der Waals surface area (Å²) in [4.78, 5) is 33.1. The van der Waals surface area contributed by atoms with Crippen molar-refractivity contribution in [2.45, 2.75) is 39.2 Å². The van der Waals surface area contributed by atoms with Gasteiger partial charge in [-0.2, -0.15) is 0 Å². The zero-order chi connectivity index (χ0) is 20.8. The molecule has 29 heavy (non-hydrogen) atoms. The smallest absolute Gasteiger partial charge is 0.341 e. The first-order valence-electron chi connectivity index (χ1n) is 10.7. The van der Waals surface area contributed by atoms with Crippen LogP contribution in [0.4, 0.5) is 5.00 Å². The predicted octanol–water partition coefficient (Wildman–Crippen LogP) is 2.14. The normalized spacial score (nSPS) is 21.8. The van der Waals surface area contributed by atoms with Gasteiger partial charge in [0.2, 0.25) is 5.91 Å². The summed E-state index contributed by atoms with van der Waals surface area (Å²) in [6.45, 7) is 10.7. The molecule has 1 aromatic heterocycles. The van der Waals surface area contributed by atoms with E-state index < -0.39 is 0 Å². The third-order valence-electron chi connectivity index (χ3n) is 5.77. The molecule has 1 N–H and O–H groups in total. The van der Waals surface area contributed by atoms with Gasteiger partial charge in [0.1, 0.15) is 5.00 Å². The second-order valence-corrected chi connectivity index (χ2v) is 9.08. The number of piperidine rings is 1. The number of nitrogens with zero attached hydrogens (tertiary/aromatic N) is 3. The Morgan fingerprint density at radius 3 is 2.62 bits per heavy atom. The average molecular weight is 423 g/mol. The van der Waals surface area contributed by atoms with Crippen LogP contribution in [0.15, 0.2) is 6.07 Å². The molecule has 0 radical (unpaired) electrons. The van der Waals surface area contributed by atoms with E-state index in [4.69, 9.17) is 4.74 Å². The Bertz CT molecular complexity index is 700.